The van der Waals surface area contributed by atoms with Gasteiger partial charge in [-0.2, -0.15) is 4.31 Å². The quantitative estimate of drug-likeness (QED) is 0.497. The maximum atomic E-state index is 13.2. The summed E-state index contributed by atoms with van der Waals surface area (Å²) in [6.07, 6.45) is 0.827. The van der Waals surface area contributed by atoms with Crippen LogP contribution in [-0.2, 0) is 14.8 Å². The van der Waals surface area contributed by atoms with Gasteiger partial charge < -0.3 is 10.1 Å². The van der Waals surface area contributed by atoms with Gasteiger partial charge in [-0.25, -0.2) is 12.8 Å². The second kappa shape index (κ2) is 11.0. The van der Waals surface area contributed by atoms with Crippen LogP contribution in [-0.4, -0.2) is 38.3 Å². The number of ether oxygens (including phenoxy) is 1. The Balaban J connectivity index is 1.45. The van der Waals surface area contributed by atoms with E-state index in [-0.39, 0.29) is 35.9 Å². The molecule has 0 spiro atoms. The average Bonchev–Trinajstić information content (AvgIpc) is 2.89. The van der Waals surface area contributed by atoms with Crippen molar-refractivity contribution in [2.75, 3.05) is 19.7 Å². The SMILES string of the molecule is CCOc1ccc(C(NC(=O)C2CCN(S(=O)(=O)c3ccc(F)cc3)CC2)c2ccccc2)cc1. The Bertz CT molecular complexity index is 1220. The predicted molar refractivity (Wildman–Crippen MR) is 132 cm³/mol. The Morgan fingerprint density at radius 1 is 0.971 bits per heavy atom. The van der Waals surface area contributed by atoms with Crippen LogP contribution in [0, 0.1) is 11.7 Å². The molecule has 1 heterocycles. The predicted octanol–water partition coefficient (Wildman–Crippen LogP) is 4.53. The van der Waals surface area contributed by atoms with Gasteiger partial charge in [0.25, 0.3) is 0 Å². The zero-order chi connectivity index (χ0) is 24.8. The van der Waals surface area contributed by atoms with Gasteiger partial charge in [0.05, 0.1) is 17.5 Å². The van der Waals surface area contributed by atoms with E-state index in [9.17, 15) is 17.6 Å². The number of nitrogens with zero attached hydrogens (tertiary/aromatic N) is 1. The Labute approximate surface area is 205 Å². The van der Waals surface area contributed by atoms with Crippen molar-refractivity contribution in [3.8, 4) is 5.75 Å². The molecule has 4 rings (SSSR count). The Morgan fingerprint density at radius 3 is 2.17 bits per heavy atom. The van der Waals surface area contributed by atoms with E-state index in [0.717, 1.165) is 29.0 Å². The van der Waals surface area contributed by atoms with E-state index in [1.54, 1.807) is 0 Å². The van der Waals surface area contributed by atoms with Crippen LogP contribution in [0.3, 0.4) is 0 Å². The number of halogens is 1. The highest BCUT2D eigenvalue weighted by Crippen LogP contribution is 2.28. The highest BCUT2D eigenvalue weighted by Gasteiger charge is 2.33. The van der Waals surface area contributed by atoms with Crippen molar-refractivity contribution >= 4 is 15.9 Å². The lowest BCUT2D eigenvalue weighted by Gasteiger charge is -2.31. The molecule has 1 aliphatic heterocycles. The zero-order valence-electron chi connectivity index (χ0n) is 19.6. The molecule has 1 unspecified atom stereocenters. The fourth-order valence-corrected chi connectivity index (χ4v) is 5.77. The number of carbonyl (C=O) groups excluding carboxylic acids is 1. The standard InChI is InChI=1S/C27H29FN2O4S/c1-2-34-24-12-8-21(9-13-24)26(20-6-4-3-5-7-20)29-27(31)22-16-18-30(19-17-22)35(32,33)25-14-10-23(28)11-15-25/h3-15,22,26H,2,16-19H2,1H3,(H,29,31). The first kappa shape index (κ1) is 24.9. The number of nitrogens with one attached hydrogen (secondary N) is 1. The van der Waals surface area contributed by atoms with Crippen molar-refractivity contribution in [3.63, 3.8) is 0 Å². The van der Waals surface area contributed by atoms with Gasteiger partial charge in [-0.15, -0.1) is 0 Å². The third kappa shape index (κ3) is 5.89. The van der Waals surface area contributed by atoms with Gasteiger partial charge in [0, 0.05) is 19.0 Å². The second-order valence-electron chi connectivity index (χ2n) is 8.49. The van der Waals surface area contributed by atoms with Gasteiger partial charge in [-0.05, 0) is 67.3 Å². The van der Waals surface area contributed by atoms with Crippen LogP contribution in [0.4, 0.5) is 4.39 Å². The number of amides is 1. The van der Waals surface area contributed by atoms with Crippen molar-refractivity contribution < 1.29 is 22.3 Å². The number of hydrogen-bond acceptors (Lipinski definition) is 4. The normalized spacial score (nSPS) is 15.9. The van der Waals surface area contributed by atoms with Crippen molar-refractivity contribution in [1.82, 2.24) is 9.62 Å². The molecule has 1 fully saturated rings. The van der Waals surface area contributed by atoms with E-state index in [1.165, 1.54) is 16.4 Å². The minimum absolute atomic E-state index is 0.0569. The van der Waals surface area contributed by atoms with Gasteiger partial charge >= 0.3 is 0 Å². The summed E-state index contributed by atoms with van der Waals surface area (Å²) in [4.78, 5) is 13.3. The van der Waals surface area contributed by atoms with Crippen LogP contribution in [0.5, 0.6) is 5.75 Å². The van der Waals surface area contributed by atoms with Gasteiger partial charge in [0.15, 0.2) is 0 Å². The molecule has 1 atom stereocenters. The lowest BCUT2D eigenvalue weighted by atomic mass is 9.94. The lowest BCUT2D eigenvalue weighted by molar-refractivity contribution is -0.126. The number of piperidine rings is 1. The van der Waals surface area contributed by atoms with Gasteiger partial charge in [0.1, 0.15) is 11.6 Å². The number of rotatable bonds is 8. The molecule has 0 aliphatic carbocycles. The van der Waals surface area contributed by atoms with Crippen molar-refractivity contribution in [3.05, 3.63) is 95.8 Å². The van der Waals surface area contributed by atoms with Crippen LogP contribution >= 0.6 is 0 Å². The largest absolute Gasteiger partial charge is 0.494 e. The molecule has 6 nitrogen and oxygen atoms in total. The summed E-state index contributed by atoms with van der Waals surface area (Å²) < 4.78 is 45.9. The Kier molecular flexibility index (Phi) is 7.83. The first-order chi connectivity index (χ1) is 16.9. The van der Waals surface area contributed by atoms with E-state index < -0.39 is 15.8 Å². The molecule has 0 bridgehead atoms. The third-order valence-corrected chi connectivity index (χ3v) is 8.13. The molecule has 3 aromatic rings. The molecular weight excluding hydrogens is 467 g/mol. The smallest absolute Gasteiger partial charge is 0.243 e. The average molecular weight is 497 g/mol. The van der Waals surface area contributed by atoms with E-state index in [1.807, 2.05) is 61.5 Å². The molecule has 3 aromatic carbocycles. The van der Waals surface area contributed by atoms with Gasteiger partial charge in [-0.1, -0.05) is 42.5 Å². The fourth-order valence-electron chi connectivity index (χ4n) is 4.30. The third-order valence-electron chi connectivity index (χ3n) is 6.22. The second-order valence-corrected chi connectivity index (χ2v) is 10.4. The van der Waals surface area contributed by atoms with E-state index in [4.69, 9.17) is 4.74 Å². The molecular formula is C27H29FN2O4S. The molecule has 1 aliphatic rings. The van der Waals surface area contributed by atoms with Crippen molar-refractivity contribution in [2.24, 2.45) is 5.92 Å². The van der Waals surface area contributed by atoms with Gasteiger partial charge in [0.2, 0.25) is 15.9 Å². The van der Waals surface area contributed by atoms with Crippen LogP contribution in [0.2, 0.25) is 0 Å². The molecule has 0 radical (unpaired) electrons. The maximum absolute atomic E-state index is 13.2. The minimum atomic E-state index is -3.72. The van der Waals surface area contributed by atoms with Crippen LogP contribution in [0.1, 0.15) is 36.9 Å². The maximum Gasteiger partial charge on any atom is 0.243 e. The first-order valence-electron chi connectivity index (χ1n) is 11.7. The molecule has 184 valence electrons. The Morgan fingerprint density at radius 2 is 1.57 bits per heavy atom. The minimum Gasteiger partial charge on any atom is -0.494 e. The number of carbonyl (C=O) groups is 1. The zero-order valence-corrected chi connectivity index (χ0v) is 20.4. The van der Waals surface area contributed by atoms with E-state index >= 15 is 0 Å². The summed E-state index contributed by atoms with van der Waals surface area (Å²) in [5.74, 6) is -0.126. The fraction of sp³-hybridized carbons (Fsp3) is 0.296. The summed E-state index contributed by atoms with van der Waals surface area (Å²) in [6.45, 7) is 2.97. The molecule has 35 heavy (non-hydrogen) atoms. The monoisotopic (exact) mass is 496 g/mol. The highest BCUT2D eigenvalue weighted by atomic mass is 32.2. The van der Waals surface area contributed by atoms with Crippen molar-refractivity contribution in [1.29, 1.82) is 0 Å². The summed E-state index contributed by atoms with van der Waals surface area (Å²) in [6, 6.07) is 21.9. The van der Waals surface area contributed by atoms with Crippen molar-refractivity contribution in [2.45, 2.75) is 30.7 Å². The van der Waals surface area contributed by atoms with E-state index in [0.29, 0.717) is 19.4 Å². The molecule has 0 aromatic heterocycles. The van der Waals surface area contributed by atoms with Gasteiger partial charge in [-0.3, -0.25) is 4.79 Å². The molecule has 0 saturated carbocycles. The van der Waals surface area contributed by atoms with Crippen LogP contribution in [0.15, 0.2) is 83.8 Å². The van der Waals surface area contributed by atoms with E-state index in [2.05, 4.69) is 5.32 Å². The summed E-state index contributed by atoms with van der Waals surface area (Å²) >= 11 is 0. The summed E-state index contributed by atoms with van der Waals surface area (Å²) in [5, 5.41) is 3.17. The Hall–Kier alpha value is -3.23. The number of hydrogen-bond donors (Lipinski definition) is 1. The number of sulfonamides is 1. The van der Waals surface area contributed by atoms with Crippen LogP contribution in [0.25, 0.3) is 0 Å². The summed E-state index contributed by atoms with van der Waals surface area (Å²) in [5.41, 5.74) is 1.89. The molecule has 1 saturated heterocycles. The summed E-state index contributed by atoms with van der Waals surface area (Å²) in [7, 11) is -3.72. The molecule has 1 N–H and O–H groups in total. The van der Waals surface area contributed by atoms with Crippen LogP contribution < -0.4 is 10.1 Å². The highest BCUT2D eigenvalue weighted by molar-refractivity contribution is 7.89. The lowest BCUT2D eigenvalue weighted by Crippen LogP contribution is -2.43. The number of benzene rings is 3. The first-order valence-corrected chi connectivity index (χ1v) is 13.2. The molecule has 8 heteroatoms. The molecule has 1 amide bonds. The topological polar surface area (TPSA) is 75.7 Å².